The van der Waals surface area contributed by atoms with Crippen LogP contribution in [0.5, 0.6) is 0 Å². The maximum Gasteiger partial charge on any atom is 0.122 e. The molecule has 0 aliphatic rings. The third-order valence-electron chi connectivity index (χ3n) is 3.38. The van der Waals surface area contributed by atoms with Gasteiger partial charge in [0.1, 0.15) is 11.9 Å². The quantitative estimate of drug-likeness (QED) is 0.896. The summed E-state index contributed by atoms with van der Waals surface area (Å²) in [5, 5.41) is 9.12. The maximum atomic E-state index is 9.12. The van der Waals surface area contributed by atoms with Gasteiger partial charge in [-0.3, -0.25) is 0 Å². The van der Waals surface area contributed by atoms with Gasteiger partial charge >= 0.3 is 0 Å². The summed E-state index contributed by atoms with van der Waals surface area (Å²) < 4.78 is 4.03. The van der Waals surface area contributed by atoms with Crippen LogP contribution >= 0.6 is 0 Å². The molecule has 0 amide bonds. The van der Waals surface area contributed by atoms with E-state index in [0.717, 1.165) is 17.8 Å². The van der Waals surface area contributed by atoms with E-state index in [0.29, 0.717) is 11.4 Å². The van der Waals surface area contributed by atoms with Crippen LogP contribution in [0.15, 0.2) is 18.7 Å². The van der Waals surface area contributed by atoms with Gasteiger partial charge in [0, 0.05) is 24.6 Å². The SMILES string of the molecule is Cc1c(C#N)c(N)n(C(C)Cn2ccnc2)c1C. The van der Waals surface area contributed by atoms with Crippen LogP contribution in [0, 0.1) is 25.2 Å². The van der Waals surface area contributed by atoms with E-state index in [1.165, 1.54) is 0 Å². The predicted molar refractivity (Wildman–Crippen MR) is 70.0 cm³/mol. The lowest BCUT2D eigenvalue weighted by atomic mass is 10.2. The standard InChI is InChI=1S/C13H17N5/c1-9(7-17-5-4-16-8-17)18-11(3)10(2)12(6-14)13(18)15/h4-5,8-9H,7,15H2,1-3H3. The Hall–Kier alpha value is -2.22. The second kappa shape index (κ2) is 4.57. The highest BCUT2D eigenvalue weighted by atomic mass is 15.1. The Labute approximate surface area is 106 Å². The molecule has 0 radical (unpaired) electrons. The number of anilines is 1. The Bertz CT molecular complexity index is 586. The zero-order valence-electron chi connectivity index (χ0n) is 10.9. The second-order valence-electron chi connectivity index (χ2n) is 4.56. The molecule has 0 aliphatic heterocycles. The van der Waals surface area contributed by atoms with Gasteiger partial charge in [-0.1, -0.05) is 0 Å². The number of hydrogen-bond donors (Lipinski definition) is 1. The van der Waals surface area contributed by atoms with E-state index in [9.17, 15) is 0 Å². The molecule has 18 heavy (non-hydrogen) atoms. The first-order valence-corrected chi connectivity index (χ1v) is 5.89. The van der Waals surface area contributed by atoms with Crippen molar-refractivity contribution >= 4 is 5.82 Å². The van der Waals surface area contributed by atoms with Crippen LogP contribution in [0.1, 0.15) is 29.8 Å². The van der Waals surface area contributed by atoms with E-state index in [2.05, 4.69) is 18.0 Å². The molecule has 0 fully saturated rings. The first-order chi connectivity index (χ1) is 8.56. The Balaban J connectivity index is 2.37. The normalized spacial score (nSPS) is 12.3. The molecule has 2 heterocycles. The van der Waals surface area contributed by atoms with Gasteiger partial charge in [0.25, 0.3) is 0 Å². The Kier molecular flexibility index (Phi) is 3.11. The summed E-state index contributed by atoms with van der Waals surface area (Å²) >= 11 is 0. The molecule has 1 unspecified atom stereocenters. The average molecular weight is 243 g/mol. The minimum atomic E-state index is 0.181. The van der Waals surface area contributed by atoms with Crippen LogP contribution in [0.25, 0.3) is 0 Å². The van der Waals surface area contributed by atoms with Crippen LogP contribution in [0.4, 0.5) is 5.82 Å². The molecule has 0 aromatic carbocycles. The third kappa shape index (κ3) is 1.86. The van der Waals surface area contributed by atoms with Gasteiger partial charge < -0.3 is 14.9 Å². The predicted octanol–water partition coefficient (Wildman–Crippen LogP) is 2.02. The smallest absolute Gasteiger partial charge is 0.122 e. The Morgan fingerprint density at radius 2 is 2.22 bits per heavy atom. The molecule has 2 aromatic heterocycles. The van der Waals surface area contributed by atoms with Crippen LogP contribution in [0.2, 0.25) is 0 Å². The van der Waals surface area contributed by atoms with Crippen molar-refractivity contribution in [1.82, 2.24) is 14.1 Å². The minimum absolute atomic E-state index is 0.181. The van der Waals surface area contributed by atoms with Gasteiger partial charge in [-0.15, -0.1) is 0 Å². The Morgan fingerprint density at radius 1 is 1.50 bits per heavy atom. The van der Waals surface area contributed by atoms with Gasteiger partial charge in [0.05, 0.1) is 17.9 Å². The first kappa shape index (κ1) is 12.2. The van der Waals surface area contributed by atoms with Gasteiger partial charge in [-0.2, -0.15) is 5.26 Å². The fraction of sp³-hybridized carbons (Fsp3) is 0.385. The van der Waals surface area contributed by atoms with Crippen molar-refractivity contribution in [3.63, 3.8) is 0 Å². The number of nitriles is 1. The van der Waals surface area contributed by atoms with Gasteiger partial charge in [0.2, 0.25) is 0 Å². The summed E-state index contributed by atoms with van der Waals surface area (Å²) in [4.78, 5) is 4.02. The van der Waals surface area contributed by atoms with Crippen molar-refractivity contribution in [3.8, 4) is 6.07 Å². The maximum absolute atomic E-state index is 9.12. The molecule has 0 aliphatic carbocycles. The van der Waals surface area contributed by atoms with Gasteiger partial charge in [-0.25, -0.2) is 4.98 Å². The molecule has 5 heteroatoms. The van der Waals surface area contributed by atoms with Crippen molar-refractivity contribution in [2.45, 2.75) is 33.4 Å². The number of hydrogen-bond acceptors (Lipinski definition) is 3. The van der Waals surface area contributed by atoms with E-state index < -0.39 is 0 Å². The lowest BCUT2D eigenvalue weighted by molar-refractivity contribution is 0.463. The monoisotopic (exact) mass is 243 g/mol. The second-order valence-corrected chi connectivity index (χ2v) is 4.56. The number of aromatic nitrogens is 3. The molecule has 0 bridgehead atoms. The molecule has 0 spiro atoms. The van der Waals surface area contributed by atoms with E-state index in [1.807, 2.05) is 29.2 Å². The molecule has 2 aromatic rings. The molecule has 2 N–H and O–H groups in total. The molecule has 2 rings (SSSR count). The van der Waals surface area contributed by atoms with Crippen LogP contribution < -0.4 is 5.73 Å². The molecular weight excluding hydrogens is 226 g/mol. The molecule has 0 saturated carbocycles. The number of nitrogen functional groups attached to an aromatic ring is 1. The van der Waals surface area contributed by atoms with Crippen molar-refractivity contribution in [3.05, 3.63) is 35.5 Å². The van der Waals surface area contributed by atoms with Crippen molar-refractivity contribution < 1.29 is 0 Å². The van der Waals surface area contributed by atoms with E-state index >= 15 is 0 Å². The number of nitrogens with zero attached hydrogens (tertiary/aromatic N) is 4. The number of nitrogens with two attached hydrogens (primary N) is 1. The summed E-state index contributed by atoms with van der Waals surface area (Å²) in [6.07, 6.45) is 5.46. The first-order valence-electron chi connectivity index (χ1n) is 5.89. The summed E-state index contributed by atoms with van der Waals surface area (Å²) in [6, 6.07) is 2.35. The molecular formula is C13H17N5. The molecule has 5 nitrogen and oxygen atoms in total. The van der Waals surface area contributed by atoms with Crippen molar-refractivity contribution in [2.24, 2.45) is 0 Å². The molecule has 0 saturated heterocycles. The van der Waals surface area contributed by atoms with E-state index in [-0.39, 0.29) is 6.04 Å². The fourth-order valence-corrected chi connectivity index (χ4v) is 2.35. The van der Waals surface area contributed by atoms with Crippen LogP contribution in [-0.2, 0) is 6.54 Å². The number of imidazole rings is 1. The molecule has 94 valence electrons. The zero-order chi connectivity index (χ0) is 13.3. The lowest BCUT2D eigenvalue weighted by Crippen LogP contribution is -2.15. The summed E-state index contributed by atoms with van der Waals surface area (Å²) in [5.41, 5.74) is 8.67. The highest BCUT2D eigenvalue weighted by Crippen LogP contribution is 2.27. The summed E-state index contributed by atoms with van der Waals surface area (Å²) in [5.74, 6) is 0.556. The van der Waals surface area contributed by atoms with E-state index in [1.54, 1.807) is 12.5 Å². The summed E-state index contributed by atoms with van der Waals surface area (Å²) in [6.45, 7) is 6.80. The minimum Gasteiger partial charge on any atom is -0.384 e. The van der Waals surface area contributed by atoms with Crippen LogP contribution in [-0.4, -0.2) is 14.1 Å². The largest absolute Gasteiger partial charge is 0.384 e. The van der Waals surface area contributed by atoms with Crippen LogP contribution in [0.3, 0.4) is 0 Å². The summed E-state index contributed by atoms with van der Waals surface area (Å²) in [7, 11) is 0. The van der Waals surface area contributed by atoms with Gasteiger partial charge in [0.15, 0.2) is 0 Å². The highest BCUT2D eigenvalue weighted by molar-refractivity contribution is 5.58. The third-order valence-corrected chi connectivity index (χ3v) is 3.38. The Morgan fingerprint density at radius 3 is 2.72 bits per heavy atom. The average Bonchev–Trinajstić information content (AvgIpc) is 2.88. The molecule has 1 atom stereocenters. The van der Waals surface area contributed by atoms with Gasteiger partial charge in [-0.05, 0) is 26.3 Å². The highest BCUT2D eigenvalue weighted by Gasteiger charge is 2.18. The number of rotatable bonds is 3. The van der Waals surface area contributed by atoms with Crippen molar-refractivity contribution in [2.75, 3.05) is 5.73 Å². The zero-order valence-corrected chi connectivity index (χ0v) is 10.9. The van der Waals surface area contributed by atoms with Crippen molar-refractivity contribution in [1.29, 1.82) is 5.26 Å². The lowest BCUT2D eigenvalue weighted by Gasteiger charge is -2.18. The van der Waals surface area contributed by atoms with E-state index in [4.69, 9.17) is 11.0 Å². The fourth-order valence-electron chi connectivity index (χ4n) is 2.35. The topological polar surface area (TPSA) is 72.6 Å².